The van der Waals surface area contributed by atoms with Crippen LogP contribution in [-0.2, 0) is 11.2 Å². The van der Waals surface area contributed by atoms with E-state index in [1.165, 1.54) is 0 Å². The number of alkyl halides is 3. The van der Waals surface area contributed by atoms with Crippen LogP contribution in [0.2, 0.25) is 0 Å². The summed E-state index contributed by atoms with van der Waals surface area (Å²) in [4.78, 5) is 11.0. The number of aliphatic hydroxyl groups is 1. The van der Waals surface area contributed by atoms with Crippen molar-refractivity contribution in [3.8, 4) is 0 Å². The molecule has 7 heteroatoms. The number of carboxylic acid groups (broad SMARTS) is 1. The summed E-state index contributed by atoms with van der Waals surface area (Å²) in [6, 6.07) is 6.68. The van der Waals surface area contributed by atoms with E-state index in [1.54, 1.807) is 24.3 Å². The molecule has 0 aliphatic heterocycles. The fourth-order valence-electron chi connectivity index (χ4n) is 1.60. The third-order valence-corrected chi connectivity index (χ3v) is 3.43. The summed E-state index contributed by atoms with van der Waals surface area (Å²) in [7, 11) is 0. The average Bonchev–Trinajstić information content (AvgIpc) is 2.29. The van der Waals surface area contributed by atoms with Gasteiger partial charge in [0.2, 0.25) is 0 Å². The lowest BCUT2D eigenvalue weighted by Gasteiger charge is -2.19. The van der Waals surface area contributed by atoms with Gasteiger partial charge >= 0.3 is 12.1 Å². The molecule has 0 amide bonds. The Morgan fingerprint density at radius 2 is 1.89 bits per heavy atom. The first-order valence-corrected chi connectivity index (χ1v) is 6.22. The van der Waals surface area contributed by atoms with Crippen LogP contribution in [0.3, 0.4) is 0 Å². The maximum absolute atomic E-state index is 12.2. The van der Waals surface area contributed by atoms with E-state index in [0.29, 0.717) is 10.0 Å². The number of carbonyl (C=O) groups is 1. The third kappa shape index (κ3) is 4.83. The van der Waals surface area contributed by atoms with Crippen LogP contribution in [0, 0.1) is 5.92 Å². The first-order valence-electron chi connectivity index (χ1n) is 5.42. The molecule has 0 aliphatic rings. The second-order valence-corrected chi connectivity index (χ2v) is 4.98. The van der Waals surface area contributed by atoms with Gasteiger partial charge in [0.15, 0.2) is 6.10 Å². The summed E-state index contributed by atoms with van der Waals surface area (Å²) < 4.78 is 37.3. The van der Waals surface area contributed by atoms with Crippen LogP contribution in [0.4, 0.5) is 13.2 Å². The number of rotatable bonds is 5. The zero-order valence-electron chi connectivity index (χ0n) is 9.69. The number of aliphatic carboxylic acids is 1. The molecule has 2 unspecified atom stereocenters. The highest BCUT2D eigenvalue weighted by Crippen LogP contribution is 2.28. The molecule has 0 heterocycles. The van der Waals surface area contributed by atoms with Crippen LogP contribution in [0.1, 0.15) is 12.0 Å². The molecular formula is C12H12BrF3O3. The smallest absolute Gasteiger partial charge is 0.414 e. The summed E-state index contributed by atoms with van der Waals surface area (Å²) in [5, 5.41) is 17.9. The largest absolute Gasteiger partial charge is 0.481 e. The monoisotopic (exact) mass is 340 g/mol. The van der Waals surface area contributed by atoms with E-state index in [1.807, 2.05) is 0 Å². The quantitative estimate of drug-likeness (QED) is 0.866. The lowest BCUT2D eigenvalue weighted by molar-refractivity contribution is -0.209. The number of carboxylic acids is 1. The zero-order valence-corrected chi connectivity index (χ0v) is 11.3. The van der Waals surface area contributed by atoms with Gasteiger partial charge in [0.05, 0.1) is 5.92 Å². The van der Waals surface area contributed by atoms with Gasteiger partial charge in [-0.25, -0.2) is 0 Å². The van der Waals surface area contributed by atoms with Crippen LogP contribution in [0.15, 0.2) is 28.7 Å². The van der Waals surface area contributed by atoms with Gasteiger partial charge in [-0.1, -0.05) is 34.1 Å². The van der Waals surface area contributed by atoms with Gasteiger partial charge < -0.3 is 10.2 Å². The number of benzene rings is 1. The van der Waals surface area contributed by atoms with Crippen LogP contribution in [0.5, 0.6) is 0 Å². The van der Waals surface area contributed by atoms with Gasteiger partial charge in [-0.15, -0.1) is 0 Å². The molecule has 1 aromatic rings. The van der Waals surface area contributed by atoms with Crippen molar-refractivity contribution in [2.75, 3.05) is 0 Å². The highest BCUT2D eigenvalue weighted by Gasteiger charge is 2.40. The first-order chi connectivity index (χ1) is 8.71. The summed E-state index contributed by atoms with van der Waals surface area (Å²) in [5.41, 5.74) is 0.587. The van der Waals surface area contributed by atoms with Crippen LogP contribution in [0.25, 0.3) is 0 Å². The van der Waals surface area contributed by atoms with Crippen LogP contribution < -0.4 is 0 Å². The van der Waals surface area contributed by atoms with Crippen molar-refractivity contribution in [2.24, 2.45) is 5.92 Å². The van der Waals surface area contributed by atoms with Gasteiger partial charge in [0, 0.05) is 4.47 Å². The molecule has 19 heavy (non-hydrogen) atoms. The second-order valence-electron chi connectivity index (χ2n) is 4.12. The molecule has 1 aromatic carbocycles. The molecule has 0 saturated carbocycles. The maximum Gasteiger partial charge on any atom is 0.414 e. The topological polar surface area (TPSA) is 57.5 Å². The molecule has 106 valence electrons. The first kappa shape index (κ1) is 16.0. The average molecular weight is 341 g/mol. The van der Waals surface area contributed by atoms with Crippen molar-refractivity contribution >= 4 is 21.9 Å². The van der Waals surface area contributed by atoms with Crippen molar-refractivity contribution in [1.82, 2.24) is 0 Å². The van der Waals surface area contributed by atoms with Gasteiger partial charge in [-0.05, 0) is 24.5 Å². The number of halogens is 4. The Kier molecular flexibility index (Phi) is 5.37. The lowest BCUT2D eigenvalue weighted by atomic mass is 9.93. The summed E-state index contributed by atoms with van der Waals surface area (Å²) in [5.74, 6) is -2.66. The molecule has 0 radical (unpaired) electrons. The van der Waals surface area contributed by atoms with Crippen molar-refractivity contribution in [1.29, 1.82) is 0 Å². The standard InChI is InChI=1S/C12H12BrF3O3/c13-9-4-2-1-3-7(9)5-8(11(18)19)6-10(17)12(14,15)16/h1-4,8,10,17H,5-6H2,(H,18,19). The predicted octanol–water partition coefficient (Wildman–Crippen LogP) is 3.01. The fraction of sp³-hybridized carbons (Fsp3) is 0.417. The Bertz CT molecular complexity index is 448. The minimum atomic E-state index is -4.80. The van der Waals surface area contributed by atoms with Gasteiger partial charge in [0.25, 0.3) is 0 Å². The van der Waals surface area contributed by atoms with Crippen molar-refractivity contribution in [2.45, 2.75) is 25.1 Å². The molecule has 3 nitrogen and oxygen atoms in total. The molecule has 0 saturated heterocycles. The van der Waals surface area contributed by atoms with Crippen LogP contribution >= 0.6 is 15.9 Å². The van der Waals surface area contributed by atoms with Crippen molar-refractivity contribution in [3.05, 3.63) is 34.3 Å². The maximum atomic E-state index is 12.2. The molecule has 1 rings (SSSR count). The molecule has 2 atom stereocenters. The Balaban J connectivity index is 2.80. The normalized spacial score (nSPS) is 15.0. The molecule has 2 N–H and O–H groups in total. The minimum Gasteiger partial charge on any atom is -0.481 e. The van der Waals surface area contributed by atoms with E-state index in [2.05, 4.69) is 15.9 Å². The van der Waals surface area contributed by atoms with E-state index in [-0.39, 0.29) is 6.42 Å². The fourth-order valence-corrected chi connectivity index (χ4v) is 2.05. The molecule has 0 aromatic heterocycles. The summed E-state index contributed by atoms with van der Waals surface area (Å²) in [6.07, 6.45) is -8.37. The van der Waals surface area contributed by atoms with E-state index < -0.39 is 30.6 Å². The van der Waals surface area contributed by atoms with E-state index >= 15 is 0 Å². The Morgan fingerprint density at radius 1 is 1.32 bits per heavy atom. The highest BCUT2D eigenvalue weighted by atomic mass is 79.9. The van der Waals surface area contributed by atoms with Gasteiger partial charge in [-0.2, -0.15) is 13.2 Å². The highest BCUT2D eigenvalue weighted by molar-refractivity contribution is 9.10. The second kappa shape index (κ2) is 6.38. The van der Waals surface area contributed by atoms with Crippen LogP contribution in [-0.4, -0.2) is 28.5 Å². The van der Waals surface area contributed by atoms with E-state index in [4.69, 9.17) is 10.2 Å². The van der Waals surface area contributed by atoms with Gasteiger partial charge in [0.1, 0.15) is 0 Å². The lowest BCUT2D eigenvalue weighted by Crippen LogP contribution is -2.33. The summed E-state index contributed by atoms with van der Waals surface area (Å²) >= 11 is 3.20. The Morgan fingerprint density at radius 3 is 2.37 bits per heavy atom. The van der Waals surface area contributed by atoms with E-state index in [0.717, 1.165) is 0 Å². The van der Waals surface area contributed by atoms with E-state index in [9.17, 15) is 18.0 Å². The Hall–Kier alpha value is -1.08. The predicted molar refractivity (Wildman–Crippen MR) is 65.7 cm³/mol. The molecule has 0 aliphatic carbocycles. The number of aliphatic hydroxyl groups excluding tert-OH is 1. The third-order valence-electron chi connectivity index (χ3n) is 2.66. The molecule has 0 bridgehead atoms. The van der Waals surface area contributed by atoms with Crippen molar-refractivity contribution < 1.29 is 28.2 Å². The molecule has 0 spiro atoms. The molecular weight excluding hydrogens is 329 g/mol. The zero-order chi connectivity index (χ0) is 14.6. The number of hydrogen-bond acceptors (Lipinski definition) is 2. The summed E-state index contributed by atoms with van der Waals surface area (Å²) in [6.45, 7) is 0. The SMILES string of the molecule is O=C(O)C(Cc1ccccc1Br)CC(O)C(F)(F)F. The van der Waals surface area contributed by atoms with Gasteiger partial charge in [-0.3, -0.25) is 4.79 Å². The Labute approximate surface area is 116 Å². The minimum absolute atomic E-state index is 0.0795. The number of hydrogen-bond donors (Lipinski definition) is 2. The molecule has 0 fully saturated rings. The van der Waals surface area contributed by atoms with Crippen molar-refractivity contribution in [3.63, 3.8) is 0 Å².